The number of aromatic nitrogens is 2. The predicted octanol–water partition coefficient (Wildman–Crippen LogP) is 4.55. The number of benzene rings is 1. The van der Waals surface area contributed by atoms with Gasteiger partial charge in [-0.1, -0.05) is 22.9 Å². The average molecular weight is 530 g/mol. The normalized spacial score (nSPS) is 10.7. The average Bonchev–Trinajstić information content (AvgIpc) is 3.32. The second-order valence-electron chi connectivity index (χ2n) is 7.91. The van der Waals surface area contributed by atoms with Gasteiger partial charge in [-0.2, -0.15) is 0 Å². The summed E-state index contributed by atoms with van der Waals surface area (Å²) in [6.45, 7) is 3.67. The Hall–Kier alpha value is -3.53. The Kier molecular flexibility index (Phi) is 8.17. The number of aromatic amines is 1. The lowest BCUT2D eigenvalue weighted by Crippen LogP contribution is -2.16. The molecular weight excluding hydrogens is 502 g/mol. The van der Waals surface area contributed by atoms with Gasteiger partial charge in [-0.25, -0.2) is 0 Å². The van der Waals surface area contributed by atoms with Gasteiger partial charge in [0.1, 0.15) is 17.1 Å². The number of carbonyl (C=O) groups excluding carboxylic acids is 3. The number of hydrogen-bond donors (Lipinski definition) is 5. The number of nitrogens with one attached hydrogen (secondary N) is 4. The molecule has 180 valence electrons. The molecule has 1 aromatic carbocycles. The number of nitrogens with zero attached hydrogens (tertiary/aromatic N) is 1. The summed E-state index contributed by atoms with van der Waals surface area (Å²) < 4.78 is 1.62. The second-order valence-corrected chi connectivity index (χ2v) is 8.71. The van der Waals surface area contributed by atoms with E-state index in [4.69, 9.17) is 0 Å². The smallest absolute Gasteiger partial charge is 0.272 e. The third-order valence-corrected chi connectivity index (χ3v) is 5.71. The molecule has 10 heteroatoms. The molecule has 0 saturated carbocycles. The summed E-state index contributed by atoms with van der Waals surface area (Å²) in [4.78, 5) is 40.5. The quantitative estimate of drug-likeness (QED) is 0.205. The highest BCUT2D eigenvalue weighted by Crippen LogP contribution is 2.24. The maximum absolute atomic E-state index is 12.9. The van der Waals surface area contributed by atoms with Crippen molar-refractivity contribution in [2.45, 2.75) is 33.1 Å². The summed E-state index contributed by atoms with van der Waals surface area (Å²) in [7, 11) is 1.71. The molecule has 0 aliphatic carbocycles. The minimum absolute atomic E-state index is 0.108. The largest absolute Gasteiger partial charge is 0.508 e. The maximum Gasteiger partial charge on any atom is 0.272 e. The minimum atomic E-state index is -0.385. The van der Waals surface area contributed by atoms with Crippen LogP contribution in [-0.4, -0.2) is 37.7 Å². The van der Waals surface area contributed by atoms with Gasteiger partial charge < -0.3 is 30.6 Å². The molecule has 0 unspecified atom stereocenters. The molecule has 0 aliphatic rings. The zero-order valence-corrected chi connectivity index (χ0v) is 20.9. The van der Waals surface area contributed by atoms with Gasteiger partial charge in [-0.05, 0) is 49.6 Å². The molecule has 0 fully saturated rings. The molecule has 0 atom stereocenters. The van der Waals surface area contributed by atoms with E-state index in [1.807, 2.05) is 6.92 Å². The molecule has 9 nitrogen and oxygen atoms in total. The van der Waals surface area contributed by atoms with E-state index in [1.54, 1.807) is 49.1 Å². The van der Waals surface area contributed by atoms with E-state index in [-0.39, 0.29) is 23.5 Å². The van der Waals surface area contributed by atoms with Crippen molar-refractivity contribution in [1.82, 2.24) is 9.55 Å². The van der Waals surface area contributed by atoms with Gasteiger partial charge in [-0.3, -0.25) is 14.4 Å². The molecule has 0 bridgehead atoms. The first-order valence-electron chi connectivity index (χ1n) is 10.9. The highest BCUT2D eigenvalue weighted by atomic mass is 79.9. The summed E-state index contributed by atoms with van der Waals surface area (Å²) in [5.74, 6) is -0.709. The molecule has 3 aromatic rings. The lowest BCUT2D eigenvalue weighted by Gasteiger charge is -2.11. The van der Waals surface area contributed by atoms with E-state index >= 15 is 0 Å². The lowest BCUT2D eigenvalue weighted by atomic mass is 10.1. The van der Waals surface area contributed by atoms with Gasteiger partial charge in [0, 0.05) is 42.4 Å². The highest BCUT2D eigenvalue weighted by molar-refractivity contribution is 9.09. The van der Waals surface area contributed by atoms with Crippen LogP contribution >= 0.6 is 15.9 Å². The summed E-state index contributed by atoms with van der Waals surface area (Å²) in [5.41, 5.74) is 3.72. The number of carbonyl (C=O) groups is 3. The number of rotatable bonds is 9. The van der Waals surface area contributed by atoms with Crippen molar-refractivity contribution in [1.29, 1.82) is 0 Å². The van der Waals surface area contributed by atoms with E-state index in [9.17, 15) is 19.5 Å². The van der Waals surface area contributed by atoms with E-state index in [0.717, 1.165) is 12.0 Å². The number of aromatic hydroxyl groups is 1. The van der Waals surface area contributed by atoms with Crippen molar-refractivity contribution in [3.63, 3.8) is 0 Å². The monoisotopic (exact) mass is 529 g/mol. The van der Waals surface area contributed by atoms with Crippen LogP contribution in [0.3, 0.4) is 0 Å². The number of amides is 3. The van der Waals surface area contributed by atoms with Crippen LogP contribution < -0.4 is 16.0 Å². The molecule has 2 aromatic heterocycles. The van der Waals surface area contributed by atoms with E-state index in [1.165, 1.54) is 6.07 Å². The summed E-state index contributed by atoms with van der Waals surface area (Å²) in [6.07, 6.45) is 5.00. The minimum Gasteiger partial charge on any atom is -0.508 e. The Bertz CT molecular complexity index is 1210. The first-order valence-corrected chi connectivity index (χ1v) is 12.0. The summed E-state index contributed by atoms with van der Waals surface area (Å²) >= 11 is 3.38. The molecule has 3 rings (SSSR count). The highest BCUT2D eigenvalue weighted by Gasteiger charge is 2.19. The molecule has 3 amide bonds. The van der Waals surface area contributed by atoms with E-state index in [2.05, 4.69) is 36.9 Å². The molecule has 0 radical (unpaired) electrons. The van der Waals surface area contributed by atoms with E-state index in [0.29, 0.717) is 52.2 Å². The van der Waals surface area contributed by atoms with Gasteiger partial charge in [0.05, 0.1) is 11.4 Å². The maximum atomic E-state index is 12.9. The van der Waals surface area contributed by atoms with Crippen molar-refractivity contribution in [3.05, 3.63) is 59.2 Å². The molecule has 34 heavy (non-hydrogen) atoms. The topological polar surface area (TPSA) is 128 Å². The summed E-state index contributed by atoms with van der Waals surface area (Å²) in [6, 6.07) is 6.37. The first kappa shape index (κ1) is 25.1. The fraction of sp³-hybridized carbons (Fsp3) is 0.292. The second kappa shape index (κ2) is 11.1. The first-order chi connectivity index (χ1) is 16.2. The Morgan fingerprint density at radius 1 is 1.09 bits per heavy atom. The predicted molar refractivity (Wildman–Crippen MR) is 136 cm³/mol. The van der Waals surface area contributed by atoms with Crippen molar-refractivity contribution >= 4 is 50.7 Å². The SMILES string of the molecule is CCCC(=O)Nc1c[nH]c(C(=O)Nc2cc(C(=O)Nc3ccc(O)cc3CCBr)n(C)c2)c1C. The molecule has 0 aliphatic heterocycles. The fourth-order valence-electron chi connectivity index (χ4n) is 3.55. The number of aryl methyl sites for hydroxylation is 2. The number of anilines is 3. The van der Waals surface area contributed by atoms with Crippen LogP contribution in [-0.2, 0) is 18.3 Å². The fourth-order valence-corrected chi connectivity index (χ4v) is 3.98. The van der Waals surface area contributed by atoms with E-state index < -0.39 is 0 Å². The number of hydrogen-bond acceptors (Lipinski definition) is 4. The number of alkyl halides is 1. The Balaban J connectivity index is 1.72. The Labute approximate surface area is 206 Å². The zero-order chi connectivity index (χ0) is 24.8. The Morgan fingerprint density at radius 2 is 1.85 bits per heavy atom. The summed E-state index contributed by atoms with van der Waals surface area (Å²) in [5, 5.41) is 18.9. The molecule has 0 saturated heterocycles. The third kappa shape index (κ3) is 5.88. The van der Waals surface area contributed by atoms with Gasteiger partial charge in [0.15, 0.2) is 0 Å². The third-order valence-electron chi connectivity index (χ3n) is 5.31. The van der Waals surface area contributed by atoms with Crippen LogP contribution in [0.2, 0.25) is 0 Å². The van der Waals surface area contributed by atoms with Gasteiger partial charge >= 0.3 is 0 Å². The van der Waals surface area contributed by atoms with Crippen LogP contribution in [0.15, 0.2) is 36.7 Å². The lowest BCUT2D eigenvalue weighted by molar-refractivity contribution is -0.116. The van der Waals surface area contributed by atoms with Crippen LogP contribution in [0, 0.1) is 6.92 Å². The molecular formula is C24H28BrN5O4. The number of H-pyrrole nitrogens is 1. The Morgan fingerprint density at radius 3 is 2.56 bits per heavy atom. The number of phenols is 1. The van der Waals surface area contributed by atoms with Crippen molar-refractivity contribution in [2.24, 2.45) is 7.05 Å². The van der Waals surface area contributed by atoms with Gasteiger partial charge in [0.25, 0.3) is 11.8 Å². The number of phenolic OH excluding ortho intramolecular Hbond substituents is 1. The van der Waals surface area contributed by atoms with Crippen molar-refractivity contribution in [3.8, 4) is 5.75 Å². The van der Waals surface area contributed by atoms with Gasteiger partial charge in [0.2, 0.25) is 5.91 Å². The van der Waals surface area contributed by atoms with Crippen LogP contribution in [0.5, 0.6) is 5.75 Å². The van der Waals surface area contributed by atoms with Crippen molar-refractivity contribution < 1.29 is 19.5 Å². The molecule has 0 spiro atoms. The number of halogens is 1. The van der Waals surface area contributed by atoms with Gasteiger partial charge in [-0.15, -0.1) is 0 Å². The van der Waals surface area contributed by atoms with Crippen LogP contribution in [0.1, 0.15) is 51.9 Å². The zero-order valence-electron chi connectivity index (χ0n) is 19.3. The van der Waals surface area contributed by atoms with Crippen molar-refractivity contribution in [2.75, 3.05) is 21.3 Å². The van der Waals surface area contributed by atoms with Crippen LogP contribution in [0.4, 0.5) is 17.1 Å². The standard InChI is InChI=1S/C24H28BrN5O4/c1-4-5-21(32)28-19-12-26-22(14(19)2)24(34)27-16-11-20(30(3)13-16)23(33)29-18-7-6-17(31)10-15(18)8-9-25/h6-7,10-13,26,31H,4-5,8-9H2,1-3H3,(H,27,34)(H,28,32)(H,29,33). The molecule has 5 N–H and O–H groups in total. The van der Waals surface area contributed by atoms with Crippen LogP contribution in [0.25, 0.3) is 0 Å². The molecule has 2 heterocycles.